The minimum absolute atomic E-state index is 0.405. The fraction of sp³-hybridized carbons (Fsp3) is 0.133. The maximum atomic E-state index is 11.4. The van der Waals surface area contributed by atoms with Gasteiger partial charge in [-0.05, 0) is 41.8 Å². The van der Waals surface area contributed by atoms with E-state index >= 15 is 0 Å². The van der Waals surface area contributed by atoms with E-state index < -0.39 is 5.91 Å². The van der Waals surface area contributed by atoms with Crippen LogP contribution in [0.1, 0.15) is 15.9 Å². The zero-order valence-corrected chi connectivity index (χ0v) is 10.4. The van der Waals surface area contributed by atoms with Crippen LogP contribution in [0.3, 0.4) is 0 Å². The maximum Gasteiger partial charge on any atom is 0.249 e. The van der Waals surface area contributed by atoms with Gasteiger partial charge in [0.1, 0.15) is 5.75 Å². The van der Waals surface area contributed by atoms with E-state index in [0.29, 0.717) is 5.56 Å². The van der Waals surface area contributed by atoms with Gasteiger partial charge in [0.15, 0.2) is 0 Å². The summed E-state index contributed by atoms with van der Waals surface area (Å²) in [5.41, 5.74) is 8.48. The Bertz CT molecular complexity index is 591. The molecule has 0 aromatic heterocycles. The monoisotopic (exact) mass is 240 g/mol. The Morgan fingerprint density at radius 3 is 2.72 bits per heavy atom. The van der Waals surface area contributed by atoms with Crippen molar-refractivity contribution in [2.75, 3.05) is 7.11 Å². The molecule has 2 N–H and O–H groups in total. The lowest BCUT2D eigenvalue weighted by Crippen LogP contribution is -2.12. The van der Waals surface area contributed by atoms with Crippen LogP contribution in [0.5, 0.6) is 5.75 Å². The fourth-order valence-electron chi connectivity index (χ4n) is 1.93. The number of rotatable bonds is 3. The number of aryl methyl sites for hydroxylation is 1. The molecule has 0 atom stereocenters. The van der Waals surface area contributed by atoms with Gasteiger partial charge in [0.2, 0.25) is 5.91 Å². The topological polar surface area (TPSA) is 52.3 Å². The van der Waals surface area contributed by atoms with Gasteiger partial charge in [-0.25, -0.2) is 0 Å². The number of carbonyl (C=O) groups is 1. The molecule has 2 rings (SSSR count). The second-order valence-corrected chi connectivity index (χ2v) is 4.01. The Morgan fingerprint density at radius 1 is 1.33 bits per heavy atom. The van der Waals surface area contributed by atoms with Crippen molar-refractivity contribution in [2.24, 2.45) is 5.73 Å². The van der Waals surface area contributed by atoms with Gasteiger partial charge in [-0.15, -0.1) is 0 Å². The molecule has 1 amide bonds. The van der Waals surface area contributed by atoms with Crippen molar-refractivity contribution in [3.63, 3.8) is 0 Å². The lowest BCUT2D eigenvalue weighted by Gasteiger charge is -2.09. The van der Waals surface area contributed by atoms with Gasteiger partial charge in [-0.3, -0.25) is 4.79 Å². The van der Waals surface area contributed by atoms with Crippen LogP contribution in [0, 0.1) is 13.0 Å². The molecule has 0 fully saturated rings. The van der Waals surface area contributed by atoms with Gasteiger partial charge in [0.05, 0.1) is 12.7 Å². The van der Waals surface area contributed by atoms with E-state index in [1.165, 1.54) is 0 Å². The van der Waals surface area contributed by atoms with Crippen LogP contribution < -0.4 is 10.5 Å². The van der Waals surface area contributed by atoms with Crippen LogP contribution in [-0.4, -0.2) is 13.0 Å². The molecule has 0 spiro atoms. The molecule has 3 nitrogen and oxygen atoms in total. The highest BCUT2D eigenvalue weighted by Gasteiger charge is 2.10. The Labute approximate surface area is 106 Å². The highest BCUT2D eigenvalue weighted by atomic mass is 16.5. The molecular weight excluding hydrogens is 226 g/mol. The van der Waals surface area contributed by atoms with Gasteiger partial charge in [0, 0.05) is 0 Å². The predicted molar refractivity (Wildman–Crippen MR) is 70.5 cm³/mol. The maximum absolute atomic E-state index is 11.4. The van der Waals surface area contributed by atoms with Gasteiger partial charge >= 0.3 is 0 Å². The fourth-order valence-corrected chi connectivity index (χ4v) is 1.93. The molecule has 18 heavy (non-hydrogen) atoms. The molecule has 2 aromatic rings. The Hall–Kier alpha value is -2.29. The molecule has 0 bridgehead atoms. The van der Waals surface area contributed by atoms with Crippen LogP contribution in [0.25, 0.3) is 11.1 Å². The van der Waals surface area contributed by atoms with Crippen LogP contribution >= 0.6 is 0 Å². The van der Waals surface area contributed by atoms with Crippen molar-refractivity contribution in [3.8, 4) is 16.9 Å². The Balaban J connectivity index is 2.55. The number of amides is 1. The quantitative estimate of drug-likeness (QED) is 0.896. The smallest absolute Gasteiger partial charge is 0.249 e. The summed E-state index contributed by atoms with van der Waals surface area (Å²) in [6.45, 7) is 1.96. The van der Waals surface area contributed by atoms with Crippen molar-refractivity contribution in [2.45, 2.75) is 6.92 Å². The highest BCUT2D eigenvalue weighted by molar-refractivity contribution is 5.99. The minimum Gasteiger partial charge on any atom is -0.496 e. The predicted octanol–water partition coefficient (Wildman–Crippen LogP) is 2.57. The van der Waals surface area contributed by atoms with Gasteiger partial charge < -0.3 is 10.5 Å². The first-order chi connectivity index (χ1) is 8.63. The van der Waals surface area contributed by atoms with E-state index in [-0.39, 0.29) is 0 Å². The molecule has 0 aliphatic rings. The number of nitrogens with two attached hydrogens (primary N) is 1. The number of ether oxygens (including phenoxy) is 1. The average molecular weight is 240 g/mol. The van der Waals surface area contributed by atoms with Crippen molar-refractivity contribution in [1.29, 1.82) is 0 Å². The zero-order chi connectivity index (χ0) is 13.1. The summed E-state index contributed by atoms with van der Waals surface area (Å²) in [5, 5.41) is 0. The number of hydrogen-bond acceptors (Lipinski definition) is 2. The van der Waals surface area contributed by atoms with E-state index in [2.05, 4.69) is 6.07 Å². The Morgan fingerprint density at radius 2 is 2.11 bits per heavy atom. The molecule has 0 aliphatic carbocycles. The summed E-state index contributed by atoms with van der Waals surface area (Å²) in [4.78, 5) is 11.4. The van der Waals surface area contributed by atoms with E-state index in [9.17, 15) is 4.79 Å². The average Bonchev–Trinajstić information content (AvgIpc) is 2.38. The van der Waals surface area contributed by atoms with Crippen LogP contribution in [0.15, 0.2) is 36.4 Å². The summed E-state index contributed by atoms with van der Waals surface area (Å²) in [7, 11) is 1.63. The SMILES string of the molecule is COc1ccc(-c2ccc[c]c2C(N)=O)cc1C. The van der Waals surface area contributed by atoms with Crippen LogP contribution in [0.4, 0.5) is 0 Å². The Kier molecular flexibility index (Phi) is 3.33. The number of benzene rings is 2. The summed E-state index contributed by atoms with van der Waals surface area (Å²) >= 11 is 0. The molecular formula is C15H14NO2. The zero-order valence-electron chi connectivity index (χ0n) is 10.4. The number of methoxy groups -OCH3 is 1. The van der Waals surface area contributed by atoms with Gasteiger partial charge in [-0.1, -0.05) is 24.3 Å². The second-order valence-electron chi connectivity index (χ2n) is 4.01. The van der Waals surface area contributed by atoms with E-state index in [0.717, 1.165) is 22.4 Å². The van der Waals surface area contributed by atoms with Crippen LogP contribution in [-0.2, 0) is 0 Å². The van der Waals surface area contributed by atoms with Crippen molar-refractivity contribution in [1.82, 2.24) is 0 Å². The highest BCUT2D eigenvalue weighted by Crippen LogP contribution is 2.28. The lowest BCUT2D eigenvalue weighted by molar-refractivity contribution is 0.100. The normalized spacial score (nSPS) is 10.1. The number of primary amides is 1. The molecule has 0 saturated carbocycles. The van der Waals surface area contributed by atoms with Gasteiger partial charge in [0.25, 0.3) is 0 Å². The summed E-state index contributed by atoms with van der Waals surface area (Å²) < 4.78 is 5.21. The van der Waals surface area contributed by atoms with E-state index in [1.54, 1.807) is 13.2 Å². The largest absolute Gasteiger partial charge is 0.496 e. The number of hydrogen-bond donors (Lipinski definition) is 1. The molecule has 0 saturated heterocycles. The van der Waals surface area contributed by atoms with Crippen molar-refractivity contribution < 1.29 is 9.53 Å². The third kappa shape index (κ3) is 2.20. The van der Waals surface area contributed by atoms with Gasteiger partial charge in [-0.2, -0.15) is 0 Å². The molecule has 3 heteroatoms. The van der Waals surface area contributed by atoms with Crippen molar-refractivity contribution >= 4 is 5.91 Å². The molecule has 91 valence electrons. The first-order valence-electron chi connectivity index (χ1n) is 5.59. The molecule has 2 aromatic carbocycles. The summed E-state index contributed by atoms with van der Waals surface area (Å²) in [6.07, 6.45) is 0. The first kappa shape index (κ1) is 12.2. The summed E-state index contributed by atoms with van der Waals surface area (Å²) in [6, 6.07) is 14.0. The third-order valence-corrected chi connectivity index (χ3v) is 2.81. The van der Waals surface area contributed by atoms with Crippen LogP contribution in [0.2, 0.25) is 0 Å². The molecule has 1 radical (unpaired) electrons. The minimum atomic E-state index is -0.473. The second kappa shape index (κ2) is 4.92. The molecule has 0 unspecified atom stereocenters. The molecule has 0 aliphatic heterocycles. The third-order valence-electron chi connectivity index (χ3n) is 2.81. The summed E-state index contributed by atoms with van der Waals surface area (Å²) in [5.74, 6) is 0.346. The van der Waals surface area contributed by atoms with E-state index in [1.807, 2.05) is 37.3 Å². The van der Waals surface area contributed by atoms with Crippen molar-refractivity contribution in [3.05, 3.63) is 53.6 Å². The standard InChI is InChI=1S/C15H14NO2/c1-10-9-11(7-8-14(10)18-2)12-5-3-4-6-13(12)15(16)17/h3-5,7-9H,1-2H3,(H2,16,17). The number of carbonyl (C=O) groups excluding carboxylic acids is 1. The lowest BCUT2D eigenvalue weighted by atomic mass is 9.98. The first-order valence-corrected chi connectivity index (χ1v) is 5.59. The molecule has 0 heterocycles. The van der Waals surface area contributed by atoms with E-state index in [4.69, 9.17) is 10.5 Å².